The Bertz CT molecular complexity index is 372. The second kappa shape index (κ2) is 17.4. The Balaban J connectivity index is 3.18. The Labute approximate surface area is 152 Å². The molecule has 0 atom stereocenters. The molecular formula is C19H36N2O4. The van der Waals surface area contributed by atoms with Gasteiger partial charge in [-0.2, -0.15) is 0 Å². The Morgan fingerprint density at radius 1 is 0.680 bits per heavy atom. The Morgan fingerprint density at radius 3 is 1.48 bits per heavy atom. The highest BCUT2D eigenvalue weighted by atomic mass is 16.6. The van der Waals surface area contributed by atoms with Gasteiger partial charge in [0.15, 0.2) is 0 Å². The largest absolute Gasteiger partial charge is 0.392 e. The topological polar surface area (TPSA) is 98.5 Å². The molecule has 0 heterocycles. The first-order valence-corrected chi connectivity index (χ1v) is 9.74. The van der Waals surface area contributed by atoms with Crippen LogP contribution >= 0.6 is 0 Å². The van der Waals surface area contributed by atoms with Crippen LogP contribution in [0.2, 0.25) is 0 Å². The standard InChI is InChI=1S/C19H36N2O4/c1-21-17(22)14-12-10-8-6-4-2-3-5-7-9-11-13-15-18(23)25-19(24)16-20/h2-16,20H2,1H3,(H,21,22). The van der Waals surface area contributed by atoms with Gasteiger partial charge >= 0.3 is 11.9 Å². The normalized spacial score (nSPS) is 10.5. The van der Waals surface area contributed by atoms with Crippen LogP contribution in [0.1, 0.15) is 89.9 Å². The van der Waals surface area contributed by atoms with E-state index in [1.807, 2.05) is 0 Å². The number of nitrogens with two attached hydrogens (primary N) is 1. The molecule has 0 aromatic rings. The van der Waals surface area contributed by atoms with Gasteiger partial charge in [-0.1, -0.05) is 64.2 Å². The van der Waals surface area contributed by atoms with Gasteiger partial charge in [-0.25, -0.2) is 0 Å². The van der Waals surface area contributed by atoms with Gasteiger partial charge in [0.2, 0.25) is 5.91 Å². The van der Waals surface area contributed by atoms with Crippen LogP contribution in [0.4, 0.5) is 0 Å². The first-order chi connectivity index (χ1) is 12.1. The summed E-state index contributed by atoms with van der Waals surface area (Å²) in [4.78, 5) is 33.1. The molecular weight excluding hydrogens is 320 g/mol. The van der Waals surface area contributed by atoms with Crippen molar-refractivity contribution in [1.29, 1.82) is 0 Å². The molecule has 0 rings (SSSR count). The van der Waals surface area contributed by atoms with E-state index in [9.17, 15) is 14.4 Å². The van der Waals surface area contributed by atoms with Crippen molar-refractivity contribution >= 4 is 17.8 Å². The molecule has 0 unspecified atom stereocenters. The van der Waals surface area contributed by atoms with Crippen LogP contribution in [0.3, 0.4) is 0 Å². The number of hydrogen-bond donors (Lipinski definition) is 2. The van der Waals surface area contributed by atoms with E-state index in [2.05, 4.69) is 10.1 Å². The SMILES string of the molecule is CNC(=O)CCCCCCCCCCCCCCC(=O)OC(=O)CN. The summed E-state index contributed by atoms with van der Waals surface area (Å²) in [6.07, 6.45) is 14.7. The van der Waals surface area contributed by atoms with Gasteiger partial charge < -0.3 is 15.8 Å². The predicted molar refractivity (Wildman–Crippen MR) is 98.9 cm³/mol. The van der Waals surface area contributed by atoms with Crippen LogP contribution in [0, 0.1) is 0 Å². The number of ether oxygens (including phenoxy) is 1. The van der Waals surface area contributed by atoms with E-state index in [1.54, 1.807) is 7.05 Å². The lowest BCUT2D eigenvalue weighted by molar-refractivity contribution is -0.158. The Hall–Kier alpha value is -1.43. The lowest BCUT2D eigenvalue weighted by atomic mass is 10.0. The van der Waals surface area contributed by atoms with Crippen molar-refractivity contribution in [1.82, 2.24) is 5.32 Å². The number of unbranched alkanes of at least 4 members (excludes halogenated alkanes) is 11. The zero-order valence-corrected chi connectivity index (χ0v) is 15.8. The zero-order chi connectivity index (χ0) is 18.8. The minimum absolute atomic E-state index is 0.140. The van der Waals surface area contributed by atoms with Crippen LogP contribution in [-0.2, 0) is 19.1 Å². The molecule has 0 aromatic carbocycles. The molecule has 1 amide bonds. The fraction of sp³-hybridized carbons (Fsp3) is 0.842. The summed E-state index contributed by atoms with van der Waals surface area (Å²) in [6, 6.07) is 0. The van der Waals surface area contributed by atoms with Gasteiger partial charge in [0.1, 0.15) is 0 Å². The summed E-state index contributed by atoms with van der Waals surface area (Å²) < 4.78 is 4.50. The van der Waals surface area contributed by atoms with Gasteiger partial charge in [-0.3, -0.25) is 14.4 Å². The lowest BCUT2D eigenvalue weighted by Gasteiger charge is -2.03. The van der Waals surface area contributed by atoms with Gasteiger partial charge in [-0.15, -0.1) is 0 Å². The van der Waals surface area contributed by atoms with E-state index in [-0.39, 0.29) is 12.5 Å². The van der Waals surface area contributed by atoms with Crippen LogP contribution in [0.15, 0.2) is 0 Å². The van der Waals surface area contributed by atoms with Crippen molar-refractivity contribution in [2.24, 2.45) is 5.73 Å². The van der Waals surface area contributed by atoms with Gasteiger partial charge in [-0.05, 0) is 12.8 Å². The second-order valence-electron chi connectivity index (χ2n) is 6.47. The average molecular weight is 357 g/mol. The number of rotatable bonds is 16. The molecule has 0 saturated heterocycles. The van der Waals surface area contributed by atoms with Crippen molar-refractivity contribution < 1.29 is 19.1 Å². The molecule has 146 valence electrons. The summed E-state index contributed by atoms with van der Waals surface area (Å²) in [6.45, 7) is -0.248. The average Bonchev–Trinajstić information content (AvgIpc) is 2.61. The molecule has 0 saturated carbocycles. The van der Waals surface area contributed by atoms with Crippen LogP contribution in [0.25, 0.3) is 0 Å². The van der Waals surface area contributed by atoms with E-state index >= 15 is 0 Å². The number of nitrogens with one attached hydrogen (secondary N) is 1. The minimum Gasteiger partial charge on any atom is -0.392 e. The summed E-state index contributed by atoms with van der Waals surface area (Å²) in [5.74, 6) is -0.983. The molecule has 0 aliphatic rings. The third-order valence-electron chi connectivity index (χ3n) is 4.21. The first kappa shape index (κ1) is 23.6. The maximum atomic E-state index is 11.2. The van der Waals surface area contributed by atoms with Gasteiger partial charge in [0.05, 0.1) is 6.54 Å². The molecule has 0 fully saturated rings. The maximum Gasteiger partial charge on any atom is 0.327 e. The first-order valence-electron chi connectivity index (χ1n) is 9.74. The number of carbonyl (C=O) groups excluding carboxylic acids is 3. The molecule has 6 heteroatoms. The molecule has 0 radical (unpaired) electrons. The van der Waals surface area contributed by atoms with Gasteiger partial charge in [0.25, 0.3) is 0 Å². The molecule has 0 aromatic heterocycles. The summed E-state index contributed by atoms with van der Waals surface area (Å²) in [7, 11) is 1.68. The zero-order valence-electron chi connectivity index (χ0n) is 15.8. The summed E-state index contributed by atoms with van der Waals surface area (Å²) in [5.41, 5.74) is 5.07. The van der Waals surface area contributed by atoms with Crippen molar-refractivity contribution in [2.45, 2.75) is 89.9 Å². The summed E-state index contributed by atoms with van der Waals surface area (Å²) in [5, 5.41) is 2.64. The summed E-state index contributed by atoms with van der Waals surface area (Å²) >= 11 is 0. The van der Waals surface area contributed by atoms with Crippen LogP contribution in [-0.4, -0.2) is 31.4 Å². The Morgan fingerprint density at radius 2 is 1.08 bits per heavy atom. The molecule has 3 N–H and O–H groups in total. The van der Waals surface area contributed by atoms with Gasteiger partial charge in [0, 0.05) is 19.9 Å². The fourth-order valence-electron chi connectivity index (χ4n) is 2.67. The molecule has 25 heavy (non-hydrogen) atoms. The number of amides is 1. The van der Waals surface area contributed by atoms with Crippen molar-refractivity contribution in [2.75, 3.05) is 13.6 Å². The monoisotopic (exact) mass is 356 g/mol. The maximum absolute atomic E-state index is 11.2. The quantitative estimate of drug-likeness (QED) is 0.251. The van der Waals surface area contributed by atoms with Crippen molar-refractivity contribution in [3.63, 3.8) is 0 Å². The molecule has 0 aliphatic heterocycles. The molecule has 0 bridgehead atoms. The van der Waals surface area contributed by atoms with E-state index in [4.69, 9.17) is 5.73 Å². The highest BCUT2D eigenvalue weighted by Crippen LogP contribution is 2.13. The number of hydrogen-bond acceptors (Lipinski definition) is 5. The number of carbonyl (C=O) groups is 3. The smallest absolute Gasteiger partial charge is 0.327 e. The third kappa shape index (κ3) is 17.2. The van der Waals surface area contributed by atoms with E-state index in [0.717, 1.165) is 32.1 Å². The molecule has 0 aliphatic carbocycles. The van der Waals surface area contributed by atoms with Crippen molar-refractivity contribution in [3.05, 3.63) is 0 Å². The predicted octanol–water partition coefficient (Wildman–Crippen LogP) is 3.22. The second-order valence-corrected chi connectivity index (χ2v) is 6.47. The van der Waals surface area contributed by atoms with E-state index in [0.29, 0.717) is 12.8 Å². The number of esters is 2. The third-order valence-corrected chi connectivity index (χ3v) is 4.21. The van der Waals surface area contributed by atoms with E-state index < -0.39 is 11.9 Å². The van der Waals surface area contributed by atoms with Crippen LogP contribution < -0.4 is 11.1 Å². The minimum atomic E-state index is -0.656. The highest BCUT2D eigenvalue weighted by molar-refractivity contribution is 5.86. The Kier molecular flexibility index (Phi) is 16.4. The van der Waals surface area contributed by atoms with E-state index in [1.165, 1.54) is 44.9 Å². The van der Waals surface area contributed by atoms with Crippen molar-refractivity contribution in [3.8, 4) is 0 Å². The molecule has 6 nitrogen and oxygen atoms in total. The molecule has 0 spiro atoms. The fourth-order valence-corrected chi connectivity index (χ4v) is 2.67. The lowest BCUT2D eigenvalue weighted by Crippen LogP contribution is -2.20. The highest BCUT2D eigenvalue weighted by Gasteiger charge is 2.07. The van der Waals surface area contributed by atoms with Crippen LogP contribution in [0.5, 0.6) is 0 Å².